The molecule has 1 heterocycles. The monoisotopic (exact) mass is 242 g/mol. The van der Waals surface area contributed by atoms with Crippen LogP contribution in [0.1, 0.15) is 19.3 Å². The maximum absolute atomic E-state index is 11.8. The van der Waals surface area contributed by atoms with Crippen molar-refractivity contribution in [2.24, 2.45) is 11.8 Å². The van der Waals surface area contributed by atoms with Crippen LogP contribution in [0.15, 0.2) is 0 Å². The summed E-state index contributed by atoms with van der Waals surface area (Å²) in [6.07, 6.45) is 1.86. The topological polar surface area (TPSA) is 98.7 Å². The van der Waals surface area contributed by atoms with Gasteiger partial charge in [-0.15, -0.1) is 0 Å². The summed E-state index contributed by atoms with van der Waals surface area (Å²) >= 11 is 0. The molecule has 0 aromatic rings. The van der Waals surface area contributed by atoms with E-state index in [-0.39, 0.29) is 18.5 Å². The first kappa shape index (κ1) is 12.3. The number of carbonyl (C=O) groups excluding carboxylic acids is 1. The molecule has 4 N–H and O–H groups in total. The third-order valence-corrected chi connectivity index (χ3v) is 3.78. The zero-order chi connectivity index (χ0) is 12.4. The highest BCUT2D eigenvalue weighted by Gasteiger charge is 2.42. The summed E-state index contributed by atoms with van der Waals surface area (Å²) in [6, 6.07) is -0.219. The number of nitrogens with one attached hydrogen (secondary N) is 2. The van der Waals surface area contributed by atoms with Gasteiger partial charge in [-0.3, -0.25) is 4.79 Å². The summed E-state index contributed by atoms with van der Waals surface area (Å²) in [7, 11) is 0. The number of amides is 1. The number of aliphatic carboxylic acids is 1. The van der Waals surface area contributed by atoms with Gasteiger partial charge in [-0.05, 0) is 31.2 Å². The van der Waals surface area contributed by atoms with Crippen LogP contribution in [0, 0.1) is 11.8 Å². The number of fused-ring (bicyclic) bond motifs is 1. The Morgan fingerprint density at radius 1 is 1.41 bits per heavy atom. The molecule has 4 atom stereocenters. The van der Waals surface area contributed by atoms with Crippen LogP contribution in [0.2, 0.25) is 0 Å². The Morgan fingerprint density at radius 3 is 2.88 bits per heavy atom. The molecule has 1 saturated heterocycles. The summed E-state index contributed by atoms with van der Waals surface area (Å²) in [5, 5.41) is 23.2. The molecule has 4 unspecified atom stereocenters. The van der Waals surface area contributed by atoms with Crippen molar-refractivity contribution in [3.8, 4) is 0 Å². The summed E-state index contributed by atoms with van der Waals surface area (Å²) in [6.45, 7) is 0.633. The van der Waals surface area contributed by atoms with E-state index in [0.29, 0.717) is 11.8 Å². The van der Waals surface area contributed by atoms with Gasteiger partial charge >= 0.3 is 5.97 Å². The van der Waals surface area contributed by atoms with E-state index in [9.17, 15) is 9.59 Å². The fourth-order valence-electron chi connectivity index (χ4n) is 2.87. The third-order valence-electron chi connectivity index (χ3n) is 3.78. The normalized spacial score (nSPS) is 33.1. The molecule has 6 nitrogen and oxygen atoms in total. The lowest BCUT2D eigenvalue weighted by Gasteiger charge is -2.18. The molecular weight excluding hydrogens is 224 g/mol. The molecule has 0 bridgehead atoms. The van der Waals surface area contributed by atoms with E-state index in [1.165, 1.54) is 12.8 Å². The fourth-order valence-corrected chi connectivity index (χ4v) is 2.87. The average molecular weight is 242 g/mol. The Kier molecular flexibility index (Phi) is 3.63. The second-order valence-electron chi connectivity index (χ2n) is 4.84. The molecule has 2 rings (SSSR count). The van der Waals surface area contributed by atoms with Gasteiger partial charge < -0.3 is 20.8 Å². The molecule has 96 valence electrons. The van der Waals surface area contributed by atoms with Crippen molar-refractivity contribution in [3.05, 3.63) is 0 Å². The lowest BCUT2D eigenvalue weighted by atomic mass is 9.93. The van der Waals surface area contributed by atoms with Gasteiger partial charge in [-0.2, -0.15) is 0 Å². The lowest BCUT2D eigenvalue weighted by molar-refractivity contribution is -0.146. The number of carboxylic acid groups (broad SMARTS) is 1. The van der Waals surface area contributed by atoms with Gasteiger partial charge in [-0.1, -0.05) is 6.42 Å². The molecule has 1 aliphatic carbocycles. The van der Waals surface area contributed by atoms with E-state index in [1.807, 2.05) is 0 Å². The van der Waals surface area contributed by atoms with Crippen LogP contribution in [0.5, 0.6) is 0 Å². The van der Waals surface area contributed by atoms with Crippen molar-refractivity contribution in [1.82, 2.24) is 10.6 Å². The van der Waals surface area contributed by atoms with Gasteiger partial charge in [0.15, 0.2) is 6.10 Å². The Hall–Kier alpha value is -1.14. The van der Waals surface area contributed by atoms with E-state index in [2.05, 4.69) is 10.6 Å². The highest BCUT2D eigenvalue weighted by atomic mass is 16.4. The molecule has 17 heavy (non-hydrogen) atoms. The quantitative estimate of drug-likeness (QED) is 0.503. The van der Waals surface area contributed by atoms with E-state index in [4.69, 9.17) is 10.2 Å². The van der Waals surface area contributed by atoms with Crippen LogP contribution in [-0.4, -0.2) is 47.3 Å². The minimum atomic E-state index is -1.53. The average Bonchev–Trinajstić information content (AvgIpc) is 2.86. The molecule has 0 radical (unpaired) electrons. The number of hydrogen-bond donors (Lipinski definition) is 4. The molecular formula is C11H18N2O4. The summed E-state index contributed by atoms with van der Waals surface area (Å²) in [5.74, 6) is -0.560. The van der Waals surface area contributed by atoms with Gasteiger partial charge in [0.1, 0.15) is 0 Å². The minimum Gasteiger partial charge on any atom is -0.479 e. The van der Waals surface area contributed by atoms with Crippen molar-refractivity contribution in [1.29, 1.82) is 0 Å². The van der Waals surface area contributed by atoms with Crippen molar-refractivity contribution in [2.75, 3.05) is 13.1 Å². The summed E-state index contributed by atoms with van der Waals surface area (Å²) < 4.78 is 0. The van der Waals surface area contributed by atoms with Crippen molar-refractivity contribution >= 4 is 11.9 Å². The lowest BCUT2D eigenvalue weighted by Crippen LogP contribution is -2.47. The maximum atomic E-state index is 11.8. The molecule has 0 spiro atoms. The Bertz CT molecular complexity index is 321. The van der Waals surface area contributed by atoms with Crippen molar-refractivity contribution in [3.63, 3.8) is 0 Å². The standard InChI is InChI=1S/C11H18N2O4/c14-8(11(16)17)5-13-10(15)9-7-3-1-2-6(7)4-12-9/h6-9,12,14H,1-5H2,(H,13,15)(H,16,17). The smallest absolute Gasteiger partial charge is 0.334 e. The molecule has 1 amide bonds. The molecule has 1 saturated carbocycles. The van der Waals surface area contributed by atoms with Gasteiger partial charge in [-0.25, -0.2) is 4.79 Å². The largest absolute Gasteiger partial charge is 0.479 e. The number of hydrogen-bond acceptors (Lipinski definition) is 4. The van der Waals surface area contributed by atoms with Gasteiger partial charge in [0.2, 0.25) is 5.91 Å². The molecule has 0 aromatic heterocycles. The predicted octanol–water partition coefficient (Wildman–Crippen LogP) is -1.06. The van der Waals surface area contributed by atoms with Gasteiger partial charge in [0, 0.05) is 0 Å². The van der Waals surface area contributed by atoms with E-state index < -0.39 is 12.1 Å². The Labute approximate surface area is 99.4 Å². The SMILES string of the molecule is O=C(O)C(O)CNC(=O)C1NCC2CCCC21. The zero-order valence-corrected chi connectivity index (χ0v) is 9.56. The van der Waals surface area contributed by atoms with Crippen molar-refractivity contribution < 1.29 is 19.8 Å². The number of aliphatic hydroxyl groups is 1. The summed E-state index contributed by atoms with van der Waals surface area (Å²) in [4.78, 5) is 22.2. The van der Waals surface area contributed by atoms with Crippen LogP contribution in [0.25, 0.3) is 0 Å². The summed E-state index contributed by atoms with van der Waals surface area (Å²) in [5.41, 5.74) is 0. The molecule has 0 aromatic carbocycles. The number of carbonyl (C=O) groups is 2. The second-order valence-corrected chi connectivity index (χ2v) is 4.84. The molecule has 2 aliphatic rings. The van der Waals surface area contributed by atoms with Crippen LogP contribution in [0.4, 0.5) is 0 Å². The molecule has 2 fully saturated rings. The van der Waals surface area contributed by atoms with E-state index in [1.54, 1.807) is 0 Å². The molecule has 1 aliphatic heterocycles. The van der Waals surface area contributed by atoms with Crippen LogP contribution in [0.3, 0.4) is 0 Å². The zero-order valence-electron chi connectivity index (χ0n) is 9.56. The number of aliphatic hydroxyl groups excluding tert-OH is 1. The fraction of sp³-hybridized carbons (Fsp3) is 0.818. The minimum absolute atomic E-state index is 0.195. The van der Waals surface area contributed by atoms with Crippen LogP contribution < -0.4 is 10.6 Å². The van der Waals surface area contributed by atoms with Gasteiger partial charge in [0.25, 0.3) is 0 Å². The first-order valence-electron chi connectivity index (χ1n) is 6.01. The van der Waals surface area contributed by atoms with E-state index >= 15 is 0 Å². The Morgan fingerprint density at radius 2 is 2.18 bits per heavy atom. The number of carboxylic acids is 1. The second kappa shape index (κ2) is 5.01. The highest BCUT2D eigenvalue weighted by Crippen LogP contribution is 2.37. The highest BCUT2D eigenvalue weighted by molar-refractivity contribution is 5.83. The van der Waals surface area contributed by atoms with Crippen LogP contribution in [-0.2, 0) is 9.59 Å². The number of rotatable bonds is 4. The first-order valence-corrected chi connectivity index (χ1v) is 6.01. The van der Waals surface area contributed by atoms with Gasteiger partial charge in [0.05, 0.1) is 12.6 Å². The van der Waals surface area contributed by atoms with E-state index in [0.717, 1.165) is 13.0 Å². The van der Waals surface area contributed by atoms with Crippen molar-refractivity contribution in [2.45, 2.75) is 31.4 Å². The maximum Gasteiger partial charge on any atom is 0.334 e. The van der Waals surface area contributed by atoms with Crippen LogP contribution >= 0.6 is 0 Å². The third kappa shape index (κ3) is 2.58. The molecule has 6 heteroatoms. The Balaban J connectivity index is 1.82. The first-order chi connectivity index (χ1) is 8.09. The predicted molar refractivity (Wildman–Crippen MR) is 59.3 cm³/mol.